The lowest BCUT2D eigenvalue weighted by Gasteiger charge is -2.04. The molecule has 0 radical (unpaired) electrons. The highest BCUT2D eigenvalue weighted by atomic mass is 35.5. The molecule has 2 aromatic rings. The first kappa shape index (κ1) is 14.8. The number of rotatable bonds is 4. The number of aromatic nitrogens is 1. The number of pyridine rings is 1. The van der Waals surface area contributed by atoms with Crippen molar-refractivity contribution in [3.05, 3.63) is 70.5 Å². The van der Waals surface area contributed by atoms with Crippen LogP contribution in [-0.4, -0.2) is 10.9 Å². The van der Waals surface area contributed by atoms with Gasteiger partial charge in [-0.05, 0) is 41.5 Å². The van der Waals surface area contributed by atoms with Gasteiger partial charge in [-0.1, -0.05) is 23.7 Å². The minimum absolute atomic E-state index is 0.0511. The normalized spacial score (nSPS) is 10.8. The molecule has 0 bridgehead atoms. The van der Waals surface area contributed by atoms with E-state index in [4.69, 9.17) is 16.9 Å². The second-order valence-electron chi connectivity index (χ2n) is 4.26. The number of carbonyl (C=O) groups excluding carboxylic acids is 1. The quantitative estimate of drug-likeness (QED) is 0.697. The van der Waals surface area contributed by atoms with E-state index in [1.165, 1.54) is 6.08 Å². The lowest BCUT2D eigenvalue weighted by molar-refractivity contribution is -0.117. The lowest BCUT2D eigenvalue weighted by atomic mass is 10.1. The predicted octanol–water partition coefficient (Wildman–Crippen LogP) is 2.96. The molecule has 4 nitrogen and oxygen atoms in total. The van der Waals surface area contributed by atoms with Crippen LogP contribution in [0, 0.1) is 11.3 Å². The van der Waals surface area contributed by atoms with Gasteiger partial charge in [0.2, 0.25) is 0 Å². The third kappa shape index (κ3) is 4.44. The summed E-state index contributed by atoms with van der Waals surface area (Å²) >= 11 is 5.79. The molecule has 2 rings (SSSR count). The fraction of sp³-hybridized carbons (Fsp3) is 0.0625. The molecule has 1 amide bonds. The zero-order valence-corrected chi connectivity index (χ0v) is 11.8. The van der Waals surface area contributed by atoms with Gasteiger partial charge in [-0.3, -0.25) is 9.78 Å². The molecular weight excluding hydrogens is 286 g/mol. The second kappa shape index (κ2) is 7.22. The van der Waals surface area contributed by atoms with E-state index in [9.17, 15) is 4.79 Å². The van der Waals surface area contributed by atoms with Crippen LogP contribution in [0.4, 0.5) is 0 Å². The molecule has 21 heavy (non-hydrogen) atoms. The molecule has 5 heteroatoms. The van der Waals surface area contributed by atoms with Crippen molar-refractivity contribution in [3.8, 4) is 6.07 Å². The lowest BCUT2D eigenvalue weighted by Crippen LogP contribution is -2.23. The predicted molar refractivity (Wildman–Crippen MR) is 81.1 cm³/mol. The molecule has 0 saturated carbocycles. The molecule has 0 atom stereocenters. The van der Waals surface area contributed by atoms with Crippen molar-refractivity contribution in [3.63, 3.8) is 0 Å². The molecule has 0 fully saturated rings. The summed E-state index contributed by atoms with van der Waals surface area (Å²) in [5, 5.41) is 12.4. The number of amides is 1. The topological polar surface area (TPSA) is 65.8 Å². The van der Waals surface area contributed by atoms with Crippen molar-refractivity contribution < 1.29 is 4.79 Å². The van der Waals surface area contributed by atoms with Gasteiger partial charge in [0.25, 0.3) is 5.91 Å². The van der Waals surface area contributed by atoms with Crippen molar-refractivity contribution in [2.24, 2.45) is 0 Å². The summed E-state index contributed by atoms with van der Waals surface area (Å²) < 4.78 is 0. The van der Waals surface area contributed by atoms with E-state index in [0.717, 1.165) is 11.1 Å². The second-order valence-corrected chi connectivity index (χ2v) is 4.70. The number of hydrogen-bond donors (Lipinski definition) is 1. The largest absolute Gasteiger partial charge is 0.347 e. The van der Waals surface area contributed by atoms with Gasteiger partial charge in [-0.25, -0.2) is 0 Å². The highest BCUT2D eigenvalue weighted by molar-refractivity contribution is 6.30. The number of halogens is 1. The molecule has 1 aromatic heterocycles. The van der Waals surface area contributed by atoms with Crippen molar-refractivity contribution in [1.29, 1.82) is 5.26 Å². The SMILES string of the molecule is N#C/C(=C/c1ccncc1)C(=O)NCc1ccc(Cl)cc1. The number of nitrogens with zero attached hydrogens (tertiary/aromatic N) is 2. The van der Waals surface area contributed by atoms with Crippen LogP contribution in [0.5, 0.6) is 0 Å². The molecule has 0 aliphatic rings. The van der Waals surface area contributed by atoms with E-state index in [2.05, 4.69) is 10.3 Å². The molecule has 0 spiro atoms. The molecule has 1 N–H and O–H groups in total. The maximum absolute atomic E-state index is 12.0. The fourth-order valence-electron chi connectivity index (χ4n) is 1.65. The van der Waals surface area contributed by atoms with Crippen LogP contribution in [0.15, 0.2) is 54.4 Å². The molecular formula is C16H12ClN3O. The average Bonchev–Trinajstić information content (AvgIpc) is 2.52. The zero-order chi connectivity index (χ0) is 15.1. The van der Waals surface area contributed by atoms with Crippen LogP contribution in [0.3, 0.4) is 0 Å². The Morgan fingerprint density at radius 1 is 1.24 bits per heavy atom. The molecule has 1 heterocycles. The van der Waals surface area contributed by atoms with Crippen molar-refractivity contribution in [2.75, 3.05) is 0 Å². The standard InChI is InChI=1S/C16H12ClN3O/c17-15-3-1-13(2-4-15)11-20-16(21)14(10-18)9-12-5-7-19-8-6-12/h1-9H,11H2,(H,20,21)/b14-9-. The first-order valence-electron chi connectivity index (χ1n) is 6.23. The molecule has 104 valence electrons. The summed E-state index contributed by atoms with van der Waals surface area (Å²) in [6.07, 6.45) is 4.73. The van der Waals surface area contributed by atoms with Gasteiger partial charge in [-0.2, -0.15) is 5.26 Å². The summed E-state index contributed by atoms with van der Waals surface area (Å²) in [5.74, 6) is -0.413. The van der Waals surface area contributed by atoms with Crippen LogP contribution in [-0.2, 0) is 11.3 Å². The van der Waals surface area contributed by atoms with Crippen LogP contribution < -0.4 is 5.32 Å². The number of nitriles is 1. The maximum Gasteiger partial charge on any atom is 0.262 e. The van der Waals surface area contributed by atoms with E-state index in [1.807, 2.05) is 18.2 Å². The van der Waals surface area contributed by atoms with E-state index in [0.29, 0.717) is 11.6 Å². The maximum atomic E-state index is 12.0. The Bertz CT molecular complexity index is 688. The Kier molecular flexibility index (Phi) is 5.08. The minimum atomic E-state index is -0.413. The van der Waals surface area contributed by atoms with Crippen LogP contribution in [0.2, 0.25) is 5.02 Å². The van der Waals surface area contributed by atoms with Gasteiger partial charge < -0.3 is 5.32 Å². The van der Waals surface area contributed by atoms with Gasteiger partial charge in [0.05, 0.1) is 0 Å². The summed E-state index contributed by atoms with van der Waals surface area (Å²) in [4.78, 5) is 15.9. The third-order valence-electron chi connectivity index (χ3n) is 2.75. The molecule has 0 unspecified atom stereocenters. The molecule has 0 aliphatic heterocycles. The number of carbonyl (C=O) groups is 1. The number of hydrogen-bond acceptors (Lipinski definition) is 3. The Hall–Kier alpha value is -2.64. The first-order chi connectivity index (χ1) is 10.2. The third-order valence-corrected chi connectivity index (χ3v) is 3.00. The highest BCUT2D eigenvalue weighted by Gasteiger charge is 2.08. The van der Waals surface area contributed by atoms with Crippen LogP contribution >= 0.6 is 11.6 Å². The summed E-state index contributed by atoms with van der Waals surface area (Å²) in [6.45, 7) is 0.339. The Labute approximate surface area is 127 Å². The van der Waals surface area contributed by atoms with E-state index in [1.54, 1.807) is 36.7 Å². The van der Waals surface area contributed by atoms with Crippen molar-refractivity contribution >= 4 is 23.6 Å². The van der Waals surface area contributed by atoms with Crippen LogP contribution in [0.1, 0.15) is 11.1 Å². The van der Waals surface area contributed by atoms with Crippen molar-refractivity contribution in [2.45, 2.75) is 6.54 Å². The molecule has 0 aliphatic carbocycles. The van der Waals surface area contributed by atoms with Gasteiger partial charge in [0.1, 0.15) is 11.6 Å². The van der Waals surface area contributed by atoms with E-state index >= 15 is 0 Å². The Morgan fingerprint density at radius 3 is 2.52 bits per heavy atom. The van der Waals surface area contributed by atoms with Gasteiger partial charge in [0, 0.05) is 24.0 Å². The monoisotopic (exact) mass is 297 g/mol. The minimum Gasteiger partial charge on any atom is -0.347 e. The van der Waals surface area contributed by atoms with Gasteiger partial charge in [0.15, 0.2) is 0 Å². The summed E-state index contributed by atoms with van der Waals surface area (Å²) in [7, 11) is 0. The van der Waals surface area contributed by atoms with Gasteiger partial charge >= 0.3 is 0 Å². The number of nitrogens with one attached hydrogen (secondary N) is 1. The van der Waals surface area contributed by atoms with Gasteiger partial charge in [-0.15, -0.1) is 0 Å². The van der Waals surface area contributed by atoms with Crippen LogP contribution in [0.25, 0.3) is 6.08 Å². The summed E-state index contributed by atoms with van der Waals surface area (Å²) in [6, 6.07) is 12.5. The molecule has 1 aromatic carbocycles. The first-order valence-corrected chi connectivity index (χ1v) is 6.61. The van der Waals surface area contributed by atoms with E-state index in [-0.39, 0.29) is 5.57 Å². The molecule has 0 saturated heterocycles. The smallest absolute Gasteiger partial charge is 0.262 e. The van der Waals surface area contributed by atoms with Crippen molar-refractivity contribution in [1.82, 2.24) is 10.3 Å². The number of benzene rings is 1. The fourth-order valence-corrected chi connectivity index (χ4v) is 1.78. The summed E-state index contributed by atoms with van der Waals surface area (Å²) in [5.41, 5.74) is 1.72. The Morgan fingerprint density at radius 2 is 1.90 bits per heavy atom. The average molecular weight is 298 g/mol. The zero-order valence-electron chi connectivity index (χ0n) is 11.1. The highest BCUT2D eigenvalue weighted by Crippen LogP contribution is 2.10. The Balaban J connectivity index is 2.03. The van der Waals surface area contributed by atoms with E-state index < -0.39 is 5.91 Å².